The summed E-state index contributed by atoms with van der Waals surface area (Å²) in [6, 6.07) is 1.78. The standard InChI is InChI=1S/C7H14N2O/c1-6(2)5-10-9-7(3)4-8/h6-7,9H,5H2,1-3H3. The van der Waals surface area contributed by atoms with E-state index in [1.807, 2.05) is 6.07 Å². The van der Waals surface area contributed by atoms with Crippen molar-refractivity contribution in [3.63, 3.8) is 0 Å². The third-order valence-corrected chi connectivity index (χ3v) is 0.870. The Balaban J connectivity index is 3.13. The van der Waals surface area contributed by atoms with Crippen LogP contribution in [0.2, 0.25) is 0 Å². The number of hydroxylamine groups is 1. The van der Waals surface area contributed by atoms with Crippen molar-refractivity contribution in [3.8, 4) is 6.07 Å². The SMILES string of the molecule is CC(C)CONC(C)C#N. The first-order valence-corrected chi connectivity index (χ1v) is 3.43. The zero-order valence-electron chi connectivity index (χ0n) is 6.72. The smallest absolute Gasteiger partial charge is 0.116 e. The lowest BCUT2D eigenvalue weighted by Gasteiger charge is -2.08. The minimum absolute atomic E-state index is 0.223. The van der Waals surface area contributed by atoms with Gasteiger partial charge in [-0.25, -0.2) is 0 Å². The van der Waals surface area contributed by atoms with Crippen molar-refractivity contribution in [2.45, 2.75) is 26.8 Å². The van der Waals surface area contributed by atoms with E-state index < -0.39 is 0 Å². The molecule has 0 aliphatic heterocycles. The second kappa shape index (κ2) is 5.21. The third kappa shape index (κ3) is 5.54. The lowest BCUT2D eigenvalue weighted by Crippen LogP contribution is -2.26. The molecular formula is C7H14N2O. The van der Waals surface area contributed by atoms with Gasteiger partial charge in [0.1, 0.15) is 6.04 Å². The Labute approximate surface area is 61.9 Å². The number of nitriles is 1. The van der Waals surface area contributed by atoms with Gasteiger partial charge in [0.15, 0.2) is 0 Å². The molecule has 1 N–H and O–H groups in total. The van der Waals surface area contributed by atoms with Gasteiger partial charge in [0, 0.05) is 0 Å². The quantitative estimate of drug-likeness (QED) is 0.597. The largest absolute Gasteiger partial charge is 0.300 e. The van der Waals surface area contributed by atoms with Gasteiger partial charge in [-0.2, -0.15) is 10.7 Å². The number of nitrogens with one attached hydrogen (secondary N) is 1. The van der Waals surface area contributed by atoms with Crippen LogP contribution in [0.15, 0.2) is 0 Å². The van der Waals surface area contributed by atoms with Crippen LogP contribution in [-0.4, -0.2) is 12.6 Å². The maximum Gasteiger partial charge on any atom is 0.116 e. The number of nitrogens with zero attached hydrogens (tertiary/aromatic N) is 1. The topological polar surface area (TPSA) is 45.0 Å². The lowest BCUT2D eigenvalue weighted by molar-refractivity contribution is 0.0149. The summed E-state index contributed by atoms with van der Waals surface area (Å²) in [6.45, 7) is 6.50. The molecule has 1 unspecified atom stereocenters. The molecule has 0 radical (unpaired) electrons. The fourth-order valence-electron chi connectivity index (χ4n) is 0.366. The van der Waals surface area contributed by atoms with Gasteiger partial charge in [-0.05, 0) is 12.8 Å². The number of hydrogen-bond donors (Lipinski definition) is 1. The van der Waals surface area contributed by atoms with Crippen molar-refractivity contribution in [3.05, 3.63) is 0 Å². The summed E-state index contributed by atoms with van der Waals surface area (Å²) in [5, 5.41) is 8.31. The molecule has 3 heteroatoms. The fourth-order valence-corrected chi connectivity index (χ4v) is 0.366. The molecule has 0 aliphatic rings. The van der Waals surface area contributed by atoms with Gasteiger partial charge in [-0.3, -0.25) is 0 Å². The van der Waals surface area contributed by atoms with Crippen LogP contribution in [0, 0.1) is 17.2 Å². The Kier molecular flexibility index (Phi) is 4.91. The summed E-state index contributed by atoms with van der Waals surface area (Å²) in [7, 11) is 0. The predicted molar refractivity (Wildman–Crippen MR) is 39.0 cm³/mol. The highest BCUT2D eigenvalue weighted by molar-refractivity contribution is 4.82. The molecule has 0 fully saturated rings. The Morgan fingerprint density at radius 2 is 2.10 bits per heavy atom. The molecule has 1 atom stereocenters. The van der Waals surface area contributed by atoms with E-state index in [1.54, 1.807) is 6.92 Å². The second-order valence-corrected chi connectivity index (χ2v) is 2.67. The van der Waals surface area contributed by atoms with Gasteiger partial charge < -0.3 is 4.84 Å². The maximum atomic E-state index is 8.31. The maximum absolute atomic E-state index is 8.31. The van der Waals surface area contributed by atoms with Crippen molar-refractivity contribution in [2.24, 2.45) is 5.92 Å². The van der Waals surface area contributed by atoms with Crippen LogP contribution in [0.4, 0.5) is 0 Å². The van der Waals surface area contributed by atoms with Crippen LogP contribution in [0.25, 0.3) is 0 Å². The molecule has 0 amide bonds. The highest BCUT2D eigenvalue weighted by Crippen LogP contribution is 1.90. The van der Waals surface area contributed by atoms with Crippen molar-refractivity contribution in [1.82, 2.24) is 5.48 Å². The molecular weight excluding hydrogens is 128 g/mol. The molecule has 0 heterocycles. The van der Waals surface area contributed by atoms with Crippen molar-refractivity contribution in [2.75, 3.05) is 6.61 Å². The molecule has 0 saturated heterocycles. The molecule has 0 spiro atoms. The van der Waals surface area contributed by atoms with Crippen LogP contribution in [0.5, 0.6) is 0 Å². The van der Waals surface area contributed by atoms with E-state index in [9.17, 15) is 0 Å². The predicted octanol–water partition coefficient (Wildman–Crippen LogP) is 1.08. The Bertz CT molecular complexity index is 117. The summed E-state index contributed by atoms with van der Waals surface area (Å²) < 4.78 is 0. The molecule has 0 aromatic heterocycles. The van der Waals surface area contributed by atoms with E-state index in [1.165, 1.54) is 0 Å². The molecule has 0 saturated carbocycles. The summed E-state index contributed by atoms with van der Waals surface area (Å²) in [5.41, 5.74) is 2.60. The Morgan fingerprint density at radius 3 is 2.50 bits per heavy atom. The fraction of sp³-hybridized carbons (Fsp3) is 0.857. The van der Waals surface area contributed by atoms with Crippen LogP contribution < -0.4 is 5.48 Å². The summed E-state index contributed by atoms with van der Waals surface area (Å²) in [4.78, 5) is 4.98. The van der Waals surface area contributed by atoms with Gasteiger partial charge >= 0.3 is 0 Å². The molecule has 0 aliphatic carbocycles. The summed E-state index contributed by atoms with van der Waals surface area (Å²) in [5.74, 6) is 0.499. The Hall–Kier alpha value is -0.590. The average molecular weight is 142 g/mol. The van der Waals surface area contributed by atoms with Crippen LogP contribution in [-0.2, 0) is 4.84 Å². The van der Waals surface area contributed by atoms with Crippen LogP contribution >= 0.6 is 0 Å². The minimum atomic E-state index is -0.223. The lowest BCUT2D eigenvalue weighted by atomic mass is 10.2. The van der Waals surface area contributed by atoms with E-state index in [2.05, 4.69) is 19.3 Å². The van der Waals surface area contributed by atoms with E-state index in [-0.39, 0.29) is 6.04 Å². The molecule has 58 valence electrons. The van der Waals surface area contributed by atoms with Gasteiger partial charge in [0.2, 0.25) is 0 Å². The molecule has 3 nitrogen and oxygen atoms in total. The zero-order valence-corrected chi connectivity index (χ0v) is 6.72. The van der Waals surface area contributed by atoms with E-state index in [4.69, 9.17) is 10.1 Å². The minimum Gasteiger partial charge on any atom is -0.300 e. The molecule has 0 bridgehead atoms. The van der Waals surface area contributed by atoms with Crippen molar-refractivity contribution in [1.29, 1.82) is 5.26 Å². The second-order valence-electron chi connectivity index (χ2n) is 2.67. The summed E-state index contributed by atoms with van der Waals surface area (Å²) in [6.07, 6.45) is 0. The molecule has 10 heavy (non-hydrogen) atoms. The van der Waals surface area contributed by atoms with E-state index in [0.717, 1.165) is 0 Å². The average Bonchev–Trinajstić information content (AvgIpc) is 1.87. The van der Waals surface area contributed by atoms with Crippen LogP contribution in [0.1, 0.15) is 20.8 Å². The highest BCUT2D eigenvalue weighted by Gasteiger charge is 1.97. The van der Waals surface area contributed by atoms with Gasteiger partial charge in [0.25, 0.3) is 0 Å². The van der Waals surface area contributed by atoms with Crippen molar-refractivity contribution < 1.29 is 4.84 Å². The number of hydrogen-bond acceptors (Lipinski definition) is 3. The Morgan fingerprint density at radius 1 is 1.50 bits per heavy atom. The first-order valence-electron chi connectivity index (χ1n) is 3.43. The van der Waals surface area contributed by atoms with E-state index >= 15 is 0 Å². The van der Waals surface area contributed by atoms with Gasteiger partial charge in [-0.1, -0.05) is 13.8 Å². The van der Waals surface area contributed by atoms with E-state index in [0.29, 0.717) is 12.5 Å². The normalized spacial score (nSPS) is 13.1. The monoisotopic (exact) mass is 142 g/mol. The zero-order chi connectivity index (χ0) is 7.98. The first-order chi connectivity index (χ1) is 4.66. The van der Waals surface area contributed by atoms with Crippen LogP contribution in [0.3, 0.4) is 0 Å². The third-order valence-electron chi connectivity index (χ3n) is 0.870. The summed E-state index contributed by atoms with van der Waals surface area (Å²) >= 11 is 0. The molecule has 0 aromatic rings. The number of rotatable bonds is 4. The molecule has 0 aromatic carbocycles. The van der Waals surface area contributed by atoms with Gasteiger partial charge in [-0.15, -0.1) is 0 Å². The van der Waals surface area contributed by atoms with Gasteiger partial charge in [0.05, 0.1) is 12.7 Å². The molecule has 0 rings (SSSR count). The van der Waals surface area contributed by atoms with Crippen molar-refractivity contribution >= 4 is 0 Å². The first kappa shape index (κ1) is 9.41. The highest BCUT2D eigenvalue weighted by atomic mass is 16.6.